The van der Waals surface area contributed by atoms with Crippen LogP contribution in [0.3, 0.4) is 0 Å². The molecule has 2 aromatic rings. The summed E-state index contributed by atoms with van der Waals surface area (Å²) in [6.07, 6.45) is 2.35. The Balaban J connectivity index is 1.55. The maximum atomic E-state index is 12.6. The number of pyridine rings is 1. The van der Waals surface area contributed by atoms with Gasteiger partial charge in [0, 0.05) is 25.0 Å². The number of hydrogen-bond donors (Lipinski definition) is 0. The summed E-state index contributed by atoms with van der Waals surface area (Å²) in [6, 6.07) is 11.4. The third-order valence-electron chi connectivity index (χ3n) is 4.12. The van der Waals surface area contributed by atoms with E-state index in [0.717, 1.165) is 22.9 Å². The summed E-state index contributed by atoms with van der Waals surface area (Å²) in [7, 11) is -1.83. The molecule has 1 fully saturated rings. The molecule has 0 radical (unpaired) electrons. The van der Waals surface area contributed by atoms with Crippen molar-refractivity contribution in [3.63, 3.8) is 0 Å². The number of methoxy groups -OCH3 is 1. The molecule has 3 rings (SSSR count). The van der Waals surface area contributed by atoms with E-state index in [1.165, 1.54) is 16.1 Å². The Morgan fingerprint density at radius 2 is 1.88 bits per heavy atom. The SMILES string of the molecule is COc1ccc(CCSc2ccc(S(=O)(=O)N3CCOCC3)cn2)cc1. The van der Waals surface area contributed by atoms with E-state index in [1.807, 2.05) is 24.3 Å². The Labute approximate surface area is 158 Å². The molecule has 0 bridgehead atoms. The lowest BCUT2D eigenvalue weighted by Crippen LogP contribution is -2.40. The second-order valence-electron chi connectivity index (χ2n) is 5.80. The number of aryl methyl sites for hydroxylation is 1. The van der Waals surface area contributed by atoms with Gasteiger partial charge in [-0.05, 0) is 36.2 Å². The summed E-state index contributed by atoms with van der Waals surface area (Å²) in [4.78, 5) is 4.54. The van der Waals surface area contributed by atoms with Crippen molar-refractivity contribution in [3.8, 4) is 5.75 Å². The largest absolute Gasteiger partial charge is 0.497 e. The lowest BCUT2D eigenvalue weighted by atomic mass is 10.2. The number of sulfonamides is 1. The molecule has 0 aliphatic carbocycles. The molecule has 140 valence electrons. The fourth-order valence-electron chi connectivity index (χ4n) is 2.61. The number of hydrogen-bond acceptors (Lipinski definition) is 6. The average molecular weight is 395 g/mol. The van der Waals surface area contributed by atoms with Gasteiger partial charge in [-0.25, -0.2) is 13.4 Å². The van der Waals surface area contributed by atoms with Gasteiger partial charge in [0.25, 0.3) is 0 Å². The molecule has 26 heavy (non-hydrogen) atoms. The molecule has 1 aromatic carbocycles. The third-order valence-corrected chi connectivity index (χ3v) is 6.94. The van der Waals surface area contributed by atoms with Crippen molar-refractivity contribution >= 4 is 21.8 Å². The molecule has 0 atom stereocenters. The number of nitrogens with zero attached hydrogens (tertiary/aromatic N) is 2. The minimum absolute atomic E-state index is 0.235. The third kappa shape index (κ3) is 4.76. The molecule has 0 amide bonds. The summed E-state index contributed by atoms with van der Waals surface area (Å²) >= 11 is 1.61. The predicted octanol–water partition coefficient (Wildman–Crippen LogP) is 2.45. The van der Waals surface area contributed by atoms with Gasteiger partial charge < -0.3 is 9.47 Å². The number of rotatable bonds is 7. The van der Waals surface area contributed by atoms with Crippen molar-refractivity contribution in [3.05, 3.63) is 48.2 Å². The number of aromatic nitrogens is 1. The summed E-state index contributed by atoms with van der Waals surface area (Å²) < 4.78 is 36.9. The molecule has 6 nitrogen and oxygen atoms in total. The molecular weight excluding hydrogens is 372 g/mol. The highest BCUT2D eigenvalue weighted by atomic mass is 32.2. The fraction of sp³-hybridized carbons (Fsp3) is 0.389. The summed E-state index contributed by atoms with van der Waals surface area (Å²) in [5.74, 6) is 1.72. The number of ether oxygens (including phenoxy) is 2. The van der Waals surface area contributed by atoms with E-state index in [0.29, 0.717) is 26.3 Å². The topological polar surface area (TPSA) is 68.7 Å². The Hall–Kier alpha value is -1.61. The first-order valence-electron chi connectivity index (χ1n) is 8.39. The molecule has 0 saturated carbocycles. The molecule has 1 saturated heterocycles. The van der Waals surface area contributed by atoms with E-state index in [9.17, 15) is 8.42 Å². The Morgan fingerprint density at radius 1 is 1.15 bits per heavy atom. The summed E-state index contributed by atoms with van der Waals surface area (Å²) in [5, 5.41) is 0.819. The van der Waals surface area contributed by atoms with Gasteiger partial charge >= 0.3 is 0 Å². The van der Waals surface area contributed by atoms with Crippen molar-refractivity contribution in [2.45, 2.75) is 16.3 Å². The van der Waals surface area contributed by atoms with Crippen LogP contribution in [0.5, 0.6) is 5.75 Å². The van der Waals surface area contributed by atoms with Crippen LogP contribution < -0.4 is 4.74 Å². The van der Waals surface area contributed by atoms with Crippen LogP contribution >= 0.6 is 11.8 Å². The van der Waals surface area contributed by atoms with Crippen molar-refractivity contribution in [1.29, 1.82) is 0 Å². The monoisotopic (exact) mass is 394 g/mol. The van der Waals surface area contributed by atoms with Gasteiger partial charge in [0.05, 0.1) is 25.3 Å². The normalized spacial score (nSPS) is 15.7. The zero-order valence-corrected chi connectivity index (χ0v) is 16.3. The van der Waals surface area contributed by atoms with E-state index in [1.54, 1.807) is 31.0 Å². The summed E-state index contributed by atoms with van der Waals surface area (Å²) in [5.41, 5.74) is 1.23. The minimum Gasteiger partial charge on any atom is -0.497 e. The van der Waals surface area contributed by atoms with E-state index >= 15 is 0 Å². The van der Waals surface area contributed by atoms with Gasteiger partial charge in [-0.1, -0.05) is 12.1 Å². The molecule has 1 aliphatic heterocycles. The van der Waals surface area contributed by atoms with Crippen molar-refractivity contribution in [1.82, 2.24) is 9.29 Å². The first-order valence-corrected chi connectivity index (χ1v) is 10.8. The van der Waals surface area contributed by atoms with Gasteiger partial charge in [-0.3, -0.25) is 0 Å². The standard InChI is InChI=1S/C18H22N2O4S2/c1-23-16-4-2-15(3-5-16)8-13-25-18-7-6-17(14-19-18)26(21,22)20-9-11-24-12-10-20/h2-7,14H,8-13H2,1H3. The molecule has 0 spiro atoms. The molecular formula is C18H22N2O4S2. The van der Waals surface area contributed by atoms with Crippen LogP contribution in [0.15, 0.2) is 52.5 Å². The molecule has 8 heteroatoms. The average Bonchev–Trinajstić information content (AvgIpc) is 2.69. The zero-order chi connectivity index (χ0) is 18.4. The highest BCUT2D eigenvalue weighted by Gasteiger charge is 2.26. The van der Waals surface area contributed by atoms with E-state index < -0.39 is 10.0 Å². The van der Waals surface area contributed by atoms with E-state index in [4.69, 9.17) is 9.47 Å². The Morgan fingerprint density at radius 3 is 2.50 bits per heavy atom. The molecule has 0 N–H and O–H groups in total. The number of morpholine rings is 1. The van der Waals surface area contributed by atoms with Gasteiger partial charge in [-0.15, -0.1) is 11.8 Å². The van der Waals surface area contributed by atoms with Crippen molar-refractivity contribution < 1.29 is 17.9 Å². The highest BCUT2D eigenvalue weighted by Crippen LogP contribution is 2.21. The van der Waals surface area contributed by atoms with Crippen LogP contribution in [0.1, 0.15) is 5.56 Å². The smallest absolute Gasteiger partial charge is 0.244 e. The maximum absolute atomic E-state index is 12.6. The zero-order valence-electron chi connectivity index (χ0n) is 14.6. The van der Waals surface area contributed by atoms with Crippen LogP contribution in [0.2, 0.25) is 0 Å². The Kier molecular flexibility index (Phi) is 6.53. The van der Waals surface area contributed by atoms with Crippen molar-refractivity contribution in [2.24, 2.45) is 0 Å². The van der Waals surface area contributed by atoms with Crippen molar-refractivity contribution in [2.75, 3.05) is 39.2 Å². The number of thioether (sulfide) groups is 1. The second kappa shape index (κ2) is 8.85. The van der Waals surface area contributed by atoms with Gasteiger partial charge in [-0.2, -0.15) is 4.31 Å². The van der Waals surface area contributed by atoms with Crippen LogP contribution in [0.4, 0.5) is 0 Å². The molecule has 0 unspecified atom stereocenters. The minimum atomic E-state index is -3.48. The quantitative estimate of drug-likeness (QED) is 0.672. The lowest BCUT2D eigenvalue weighted by molar-refractivity contribution is 0.0730. The Bertz CT molecular complexity index is 802. The van der Waals surface area contributed by atoms with Crippen LogP contribution in [0.25, 0.3) is 0 Å². The lowest BCUT2D eigenvalue weighted by Gasteiger charge is -2.25. The first-order chi connectivity index (χ1) is 12.6. The van der Waals surface area contributed by atoms with Crippen LogP contribution in [-0.4, -0.2) is 56.9 Å². The van der Waals surface area contributed by atoms with E-state index in [2.05, 4.69) is 4.98 Å². The van der Waals surface area contributed by atoms with Gasteiger partial charge in [0.15, 0.2) is 0 Å². The fourth-order valence-corrected chi connectivity index (χ4v) is 4.80. The van der Waals surface area contributed by atoms with Gasteiger partial charge in [0.2, 0.25) is 10.0 Å². The predicted molar refractivity (Wildman–Crippen MR) is 101 cm³/mol. The summed E-state index contributed by atoms with van der Waals surface area (Å²) in [6.45, 7) is 1.65. The van der Waals surface area contributed by atoms with Gasteiger partial charge in [0.1, 0.15) is 10.6 Å². The molecule has 2 heterocycles. The van der Waals surface area contributed by atoms with E-state index in [-0.39, 0.29) is 4.90 Å². The van der Waals surface area contributed by atoms with Crippen LogP contribution in [-0.2, 0) is 21.2 Å². The molecule has 1 aliphatic rings. The number of benzene rings is 1. The first kappa shape index (κ1) is 19.2. The molecule has 1 aromatic heterocycles. The second-order valence-corrected chi connectivity index (χ2v) is 8.85. The maximum Gasteiger partial charge on any atom is 0.244 e. The van der Waals surface area contributed by atoms with Crippen LogP contribution in [0, 0.1) is 0 Å². The highest BCUT2D eigenvalue weighted by molar-refractivity contribution is 7.99.